The highest BCUT2D eigenvalue weighted by Crippen LogP contribution is 2.25. The highest BCUT2D eigenvalue weighted by molar-refractivity contribution is 5.92. The van der Waals surface area contributed by atoms with Crippen molar-refractivity contribution in [2.45, 2.75) is 57.8 Å². The van der Waals surface area contributed by atoms with Crippen LogP contribution >= 0.6 is 0 Å². The van der Waals surface area contributed by atoms with Crippen molar-refractivity contribution in [2.24, 2.45) is 5.92 Å². The van der Waals surface area contributed by atoms with Crippen LogP contribution in [0.2, 0.25) is 0 Å². The summed E-state index contributed by atoms with van der Waals surface area (Å²) in [5.41, 5.74) is 2.15. The average molecular weight is 394 g/mol. The van der Waals surface area contributed by atoms with E-state index < -0.39 is 29.9 Å². The number of unbranched alkanes of at least 4 members (excludes halogenated alkanes) is 1. The van der Waals surface area contributed by atoms with Gasteiger partial charge in [0.2, 0.25) is 11.8 Å². The van der Waals surface area contributed by atoms with Crippen molar-refractivity contribution in [3.8, 4) is 0 Å². The molecule has 3 amide bonds. The standard InChI is InChI=1S/C19H27FN4O4/c1-2-3-5-14(16(20)18(26)23-28)19(27)24-11-4-6-15(24)17(25)22-12-13-7-9-21-10-8-13/h7-10,14-16,28H,2-6,11-12H2,1H3,(H,22,25)(H,23,26)/t14-,15+,16-/m1/s1. The lowest BCUT2D eigenvalue weighted by Gasteiger charge is -2.29. The van der Waals surface area contributed by atoms with Crippen molar-refractivity contribution < 1.29 is 24.0 Å². The Morgan fingerprint density at radius 3 is 2.71 bits per heavy atom. The molecule has 9 heteroatoms. The van der Waals surface area contributed by atoms with Crippen LogP contribution in [0.1, 0.15) is 44.6 Å². The second kappa shape index (κ2) is 10.7. The van der Waals surface area contributed by atoms with Crippen molar-refractivity contribution >= 4 is 17.7 Å². The molecule has 154 valence electrons. The zero-order valence-electron chi connectivity index (χ0n) is 15.9. The summed E-state index contributed by atoms with van der Waals surface area (Å²) in [4.78, 5) is 42.3. The fourth-order valence-electron chi connectivity index (χ4n) is 3.39. The van der Waals surface area contributed by atoms with E-state index in [1.54, 1.807) is 24.5 Å². The highest BCUT2D eigenvalue weighted by Gasteiger charge is 2.41. The van der Waals surface area contributed by atoms with Gasteiger partial charge >= 0.3 is 0 Å². The van der Waals surface area contributed by atoms with Gasteiger partial charge in [-0.3, -0.25) is 24.6 Å². The molecule has 1 aromatic heterocycles. The number of hydrogen-bond acceptors (Lipinski definition) is 5. The molecule has 3 atom stereocenters. The first-order chi connectivity index (χ1) is 13.5. The average Bonchev–Trinajstić information content (AvgIpc) is 3.22. The summed E-state index contributed by atoms with van der Waals surface area (Å²) >= 11 is 0. The summed E-state index contributed by atoms with van der Waals surface area (Å²) in [5.74, 6) is -3.34. The number of nitrogens with zero attached hydrogens (tertiary/aromatic N) is 2. The maximum absolute atomic E-state index is 14.5. The summed E-state index contributed by atoms with van der Waals surface area (Å²) in [6, 6.07) is 2.86. The molecule has 0 unspecified atom stereocenters. The topological polar surface area (TPSA) is 112 Å². The van der Waals surface area contributed by atoms with Gasteiger partial charge in [-0.15, -0.1) is 0 Å². The second-order valence-corrected chi connectivity index (χ2v) is 6.89. The van der Waals surface area contributed by atoms with Gasteiger partial charge in [-0.05, 0) is 37.0 Å². The first-order valence-corrected chi connectivity index (χ1v) is 9.54. The zero-order valence-corrected chi connectivity index (χ0v) is 15.9. The van der Waals surface area contributed by atoms with Crippen molar-refractivity contribution in [3.05, 3.63) is 30.1 Å². The molecular formula is C19H27FN4O4. The summed E-state index contributed by atoms with van der Waals surface area (Å²) in [6.45, 7) is 2.53. The van der Waals surface area contributed by atoms with Crippen LogP contribution in [-0.4, -0.2) is 51.6 Å². The van der Waals surface area contributed by atoms with E-state index in [4.69, 9.17) is 5.21 Å². The molecule has 8 nitrogen and oxygen atoms in total. The van der Waals surface area contributed by atoms with Crippen LogP contribution in [0, 0.1) is 5.92 Å². The van der Waals surface area contributed by atoms with Gasteiger partial charge < -0.3 is 10.2 Å². The van der Waals surface area contributed by atoms with Crippen LogP contribution in [0.15, 0.2) is 24.5 Å². The number of pyridine rings is 1. The highest BCUT2D eigenvalue weighted by atomic mass is 19.1. The van der Waals surface area contributed by atoms with Crippen LogP contribution < -0.4 is 10.8 Å². The predicted molar refractivity (Wildman–Crippen MR) is 98.7 cm³/mol. The summed E-state index contributed by atoms with van der Waals surface area (Å²) < 4.78 is 14.5. The van der Waals surface area contributed by atoms with Gasteiger partial charge in [0.25, 0.3) is 5.91 Å². The van der Waals surface area contributed by atoms with Gasteiger partial charge in [-0.25, -0.2) is 9.87 Å². The maximum atomic E-state index is 14.5. The SMILES string of the molecule is CCCC[C@@H](C(=O)N1CCC[C@H]1C(=O)NCc1ccncc1)[C@@H](F)C(=O)NO. The van der Waals surface area contributed by atoms with Crippen LogP contribution in [0.25, 0.3) is 0 Å². The number of halogens is 1. The van der Waals surface area contributed by atoms with Gasteiger partial charge in [0.1, 0.15) is 6.04 Å². The van der Waals surface area contributed by atoms with E-state index in [1.165, 1.54) is 10.4 Å². The Bertz CT molecular complexity index is 673. The summed E-state index contributed by atoms with van der Waals surface area (Å²) in [6.07, 6.45) is 3.66. The Morgan fingerprint density at radius 2 is 2.07 bits per heavy atom. The van der Waals surface area contributed by atoms with E-state index in [0.29, 0.717) is 32.4 Å². The number of likely N-dealkylation sites (tertiary alicyclic amines) is 1. The van der Waals surface area contributed by atoms with Crippen LogP contribution in [0.3, 0.4) is 0 Å². The second-order valence-electron chi connectivity index (χ2n) is 6.89. The number of alkyl halides is 1. The van der Waals surface area contributed by atoms with Crippen LogP contribution in [0.4, 0.5) is 4.39 Å². The Labute approximate surface area is 163 Å². The van der Waals surface area contributed by atoms with Crippen molar-refractivity contribution in [1.82, 2.24) is 20.7 Å². The lowest BCUT2D eigenvalue weighted by molar-refractivity contribution is -0.149. The molecule has 0 bridgehead atoms. The van der Waals surface area contributed by atoms with Crippen molar-refractivity contribution in [3.63, 3.8) is 0 Å². The van der Waals surface area contributed by atoms with E-state index in [2.05, 4.69) is 10.3 Å². The predicted octanol–water partition coefficient (Wildman–Crippen LogP) is 1.34. The molecular weight excluding hydrogens is 367 g/mol. The molecule has 1 fully saturated rings. The summed E-state index contributed by atoms with van der Waals surface area (Å²) in [7, 11) is 0. The quantitative estimate of drug-likeness (QED) is 0.432. The third-order valence-electron chi connectivity index (χ3n) is 4.95. The minimum absolute atomic E-state index is 0.172. The van der Waals surface area contributed by atoms with Crippen LogP contribution in [-0.2, 0) is 20.9 Å². The number of aromatic nitrogens is 1. The number of hydroxylamine groups is 1. The van der Waals surface area contributed by atoms with Gasteiger partial charge in [-0.2, -0.15) is 0 Å². The van der Waals surface area contributed by atoms with Gasteiger partial charge in [0, 0.05) is 25.5 Å². The minimum Gasteiger partial charge on any atom is -0.350 e. The number of hydrogen-bond donors (Lipinski definition) is 3. The molecule has 0 saturated carbocycles. The van der Waals surface area contributed by atoms with E-state index in [0.717, 1.165) is 12.0 Å². The molecule has 0 radical (unpaired) electrons. The van der Waals surface area contributed by atoms with Gasteiger partial charge in [0.05, 0.1) is 5.92 Å². The fourth-order valence-corrected chi connectivity index (χ4v) is 3.39. The Morgan fingerprint density at radius 1 is 1.36 bits per heavy atom. The Kier molecular flexibility index (Phi) is 8.31. The maximum Gasteiger partial charge on any atom is 0.278 e. The van der Waals surface area contributed by atoms with E-state index in [1.807, 2.05) is 6.92 Å². The molecule has 0 spiro atoms. The lowest BCUT2D eigenvalue weighted by atomic mass is 9.94. The normalized spacial score (nSPS) is 18.4. The van der Waals surface area contributed by atoms with E-state index >= 15 is 0 Å². The number of amides is 3. The van der Waals surface area contributed by atoms with E-state index in [9.17, 15) is 18.8 Å². The molecule has 0 aliphatic carbocycles. The molecule has 2 heterocycles. The zero-order chi connectivity index (χ0) is 20.5. The van der Waals surface area contributed by atoms with Gasteiger partial charge in [-0.1, -0.05) is 19.8 Å². The van der Waals surface area contributed by atoms with Crippen molar-refractivity contribution in [2.75, 3.05) is 6.54 Å². The minimum atomic E-state index is -2.16. The Hall–Kier alpha value is -2.55. The third-order valence-corrected chi connectivity index (χ3v) is 4.95. The number of carbonyl (C=O) groups is 3. The molecule has 2 rings (SSSR count). The molecule has 28 heavy (non-hydrogen) atoms. The molecule has 0 aromatic carbocycles. The van der Waals surface area contributed by atoms with E-state index in [-0.39, 0.29) is 12.3 Å². The number of rotatable bonds is 9. The molecule has 1 saturated heterocycles. The third kappa shape index (κ3) is 5.48. The molecule has 3 N–H and O–H groups in total. The Balaban J connectivity index is 2.05. The lowest BCUT2D eigenvalue weighted by Crippen LogP contribution is -2.50. The molecule has 1 aromatic rings. The fraction of sp³-hybridized carbons (Fsp3) is 0.579. The number of carbonyl (C=O) groups excluding carboxylic acids is 3. The smallest absolute Gasteiger partial charge is 0.278 e. The first kappa shape index (κ1) is 21.7. The van der Waals surface area contributed by atoms with Gasteiger partial charge in [0.15, 0.2) is 6.17 Å². The van der Waals surface area contributed by atoms with Crippen LogP contribution in [0.5, 0.6) is 0 Å². The summed E-state index contributed by atoms with van der Waals surface area (Å²) in [5, 5.41) is 11.5. The molecule has 1 aliphatic rings. The largest absolute Gasteiger partial charge is 0.350 e. The monoisotopic (exact) mass is 394 g/mol. The number of nitrogens with one attached hydrogen (secondary N) is 2. The molecule has 1 aliphatic heterocycles. The van der Waals surface area contributed by atoms with Crippen molar-refractivity contribution in [1.29, 1.82) is 0 Å². The first-order valence-electron chi connectivity index (χ1n) is 9.54.